The first-order valence-corrected chi connectivity index (χ1v) is 8.58. The fraction of sp³-hybridized carbons (Fsp3) is 0.294. The van der Waals surface area contributed by atoms with Crippen molar-refractivity contribution in [3.05, 3.63) is 65.2 Å². The first kappa shape index (κ1) is 14.3. The molecule has 4 heteroatoms. The quantitative estimate of drug-likeness (QED) is 0.854. The second kappa shape index (κ2) is 5.28. The van der Waals surface area contributed by atoms with E-state index in [4.69, 9.17) is 0 Å². The van der Waals surface area contributed by atoms with E-state index in [0.29, 0.717) is 11.4 Å². The Kier molecular flexibility index (Phi) is 3.59. The van der Waals surface area contributed by atoms with Crippen LogP contribution in [0.5, 0.6) is 0 Å². The van der Waals surface area contributed by atoms with Crippen LogP contribution in [0.2, 0.25) is 0 Å². The summed E-state index contributed by atoms with van der Waals surface area (Å²) in [5.74, 6) is 0. The number of sulfonamides is 1. The largest absolute Gasteiger partial charge is 0.243 e. The lowest BCUT2D eigenvalue weighted by Crippen LogP contribution is -2.42. The molecule has 1 aliphatic heterocycles. The summed E-state index contributed by atoms with van der Waals surface area (Å²) in [6, 6.07) is 15.2. The maximum absolute atomic E-state index is 12.9. The van der Waals surface area contributed by atoms with Crippen molar-refractivity contribution in [2.45, 2.75) is 37.8 Å². The van der Waals surface area contributed by atoms with Gasteiger partial charge in [0.2, 0.25) is 10.0 Å². The van der Waals surface area contributed by atoms with Gasteiger partial charge in [-0.2, -0.15) is 4.31 Å². The normalized spacial score (nSPS) is 19.2. The highest BCUT2D eigenvalue weighted by atomic mass is 32.2. The molecule has 1 heterocycles. The van der Waals surface area contributed by atoms with E-state index in [1.165, 1.54) is 5.56 Å². The Labute approximate surface area is 126 Å². The Balaban J connectivity index is 2.00. The van der Waals surface area contributed by atoms with Crippen molar-refractivity contribution >= 4 is 10.0 Å². The molecule has 1 atom stereocenters. The van der Waals surface area contributed by atoms with Gasteiger partial charge in [0.15, 0.2) is 0 Å². The molecule has 0 amide bonds. The van der Waals surface area contributed by atoms with Gasteiger partial charge in [0.1, 0.15) is 0 Å². The van der Waals surface area contributed by atoms with Gasteiger partial charge in [-0.25, -0.2) is 8.42 Å². The summed E-state index contributed by atoms with van der Waals surface area (Å²) in [7, 11) is -3.44. The predicted molar refractivity (Wildman–Crippen MR) is 83.5 cm³/mol. The molecule has 3 rings (SSSR count). The lowest BCUT2D eigenvalue weighted by Gasteiger charge is -2.33. The molecule has 0 aliphatic carbocycles. The second-order valence-electron chi connectivity index (χ2n) is 5.69. The molecule has 0 spiro atoms. The summed E-state index contributed by atoms with van der Waals surface area (Å²) in [6.07, 6.45) is 0.765. The average Bonchev–Trinajstić information content (AvgIpc) is 2.46. The fourth-order valence-corrected chi connectivity index (χ4v) is 4.60. The minimum absolute atomic E-state index is 0.0228. The molecule has 0 radical (unpaired) electrons. The Morgan fingerprint density at radius 3 is 2.48 bits per heavy atom. The van der Waals surface area contributed by atoms with E-state index in [9.17, 15) is 8.42 Å². The van der Waals surface area contributed by atoms with Gasteiger partial charge in [0.05, 0.1) is 4.90 Å². The van der Waals surface area contributed by atoms with Gasteiger partial charge in [-0.1, -0.05) is 36.4 Å². The predicted octanol–water partition coefficient (Wildman–Crippen LogP) is 3.13. The molecule has 0 fully saturated rings. The summed E-state index contributed by atoms with van der Waals surface area (Å²) >= 11 is 0. The van der Waals surface area contributed by atoms with E-state index < -0.39 is 10.0 Å². The maximum atomic E-state index is 12.9. The van der Waals surface area contributed by atoms with Gasteiger partial charge < -0.3 is 0 Å². The number of rotatable bonds is 2. The number of hydrogen-bond acceptors (Lipinski definition) is 2. The molecule has 0 bridgehead atoms. The zero-order valence-electron chi connectivity index (χ0n) is 12.3. The molecule has 110 valence electrons. The van der Waals surface area contributed by atoms with Crippen LogP contribution in [-0.4, -0.2) is 18.8 Å². The first-order valence-electron chi connectivity index (χ1n) is 7.14. The molecule has 0 aromatic heterocycles. The third kappa shape index (κ3) is 2.61. The van der Waals surface area contributed by atoms with E-state index in [0.717, 1.165) is 17.5 Å². The Hall–Kier alpha value is -1.65. The number of benzene rings is 2. The van der Waals surface area contributed by atoms with Crippen molar-refractivity contribution in [2.75, 3.05) is 0 Å². The van der Waals surface area contributed by atoms with Gasteiger partial charge in [-0.3, -0.25) is 0 Å². The molecule has 1 unspecified atom stereocenters. The minimum atomic E-state index is -3.44. The molecular formula is C17H19NO2S. The van der Waals surface area contributed by atoms with Crippen molar-refractivity contribution < 1.29 is 8.42 Å². The van der Waals surface area contributed by atoms with Gasteiger partial charge in [0.25, 0.3) is 0 Å². The zero-order chi connectivity index (χ0) is 15.0. The van der Waals surface area contributed by atoms with E-state index in [1.807, 2.05) is 38.1 Å². The van der Waals surface area contributed by atoms with Crippen molar-refractivity contribution in [3.8, 4) is 0 Å². The van der Waals surface area contributed by atoms with E-state index in [-0.39, 0.29) is 6.04 Å². The van der Waals surface area contributed by atoms with E-state index in [1.54, 1.807) is 22.5 Å². The zero-order valence-corrected chi connectivity index (χ0v) is 13.1. The van der Waals surface area contributed by atoms with Gasteiger partial charge in [-0.05, 0) is 49.1 Å². The summed E-state index contributed by atoms with van der Waals surface area (Å²) in [6.45, 7) is 4.34. The van der Waals surface area contributed by atoms with Crippen LogP contribution in [0.1, 0.15) is 23.6 Å². The molecule has 1 aliphatic rings. The lowest BCUT2D eigenvalue weighted by molar-refractivity contribution is 0.309. The summed E-state index contributed by atoms with van der Waals surface area (Å²) in [5, 5.41) is 0. The van der Waals surface area contributed by atoms with Crippen LogP contribution in [0.25, 0.3) is 0 Å². The van der Waals surface area contributed by atoms with Crippen molar-refractivity contribution in [1.82, 2.24) is 4.31 Å². The molecule has 0 saturated heterocycles. The van der Waals surface area contributed by atoms with E-state index in [2.05, 4.69) is 6.07 Å². The molecule has 0 N–H and O–H groups in total. The van der Waals surface area contributed by atoms with Crippen molar-refractivity contribution in [2.24, 2.45) is 0 Å². The third-order valence-electron chi connectivity index (χ3n) is 4.05. The Morgan fingerprint density at radius 2 is 1.76 bits per heavy atom. The Bertz CT molecular complexity index is 768. The van der Waals surface area contributed by atoms with Crippen LogP contribution in [0, 0.1) is 6.92 Å². The van der Waals surface area contributed by atoms with Crippen molar-refractivity contribution in [3.63, 3.8) is 0 Å². The summed E-state index contributed by atoms with van der Waals surface area (Å²) in [5.41, 5.74) is 3.31. The van der Waals surface area contributed by atoms with Crippen molar-refractivity contribution in [1.29, 1.82) is 0 Å². The highest BCUT2D eigenvalue weighted by Gasteiger charge is 2.33. The molecule has 0 saturated carbocycles. The van der Waals surface area contributed by atoms with Gasteiger partial charge in [0, 0.05) is 12.6 Å². The maximum Gasteiger partial charge on any atom is 0.243 e. The van der Waals surface area contributed by atoms with Crippen LogP contribution in [0.4, 0.5) is 0 Å². The third-order valence-corrected chi connectivity index (χ3v) is 6.00. The number of fused-ring (bicyclic) bond motifs is 1. The average molecular weight is 301 g/mol. The standard InChI is InChI=1S/C17H19NO2S/c1-13-6-5-9-17(10-13)21(19,20)18-12-16-8-4-3-7-15(16)11-14(18)2/h3-10,14H,11-12H2,1-2H3. The lowest BCUT2D eigenvalue weighted by atomic mass is 9.97. The molecule has 2 aromatic rings. The van der Waals surface area contributed by atoms with Gasteiger partial charge in [-0.15, -0.1) is 0 Å². The molecule has 2 aromatic carbocycles. The minimum Gasteiger partial charge on any atom is -0.207 e. The highest BCUT2D eigenvalue weighted by Crippen LogP contribution is 2.28. The van der Waals surface area contributed by atoms with E-state index >= 15 is 0 Å². The van der Waals surface area contributed by atoms with Crippen LogP contribution < -0.4 is 0 Å². The number of aryl methyl sites for hydroxylation is 1. The van der Waals surface area contributed by atoms with Crippen LogP contribution >= 0.6 is 0 Å². The number of hydrogen-bond donors (Lipinski definition) is 0. The summed E-state index contributed by atoms with van der Waals surface area (Å²) in [4.78, 5) is 0.383. The fourth-order valence-electron chi connectivity index (χ4n) is 2.89. The SMILES string of the molecule is Cc1cccc(S(=O)(=O)N2Cc3ccccc3CC2C)c1. The van der Waals surface area contributed by atoms with Crippen LogP contribution in [0.3, 0.4) is 0 Å². The number of nitrogens with zero attached hydrogens (tertiary/aromatic N) is 1. The summed E-state index contributed by atoms with van der Waals surface area (Å²) < 4.78 is 27.4. The molecule has 21 heavy (non-hydrogen) atoms. The monoisotopic (exact) mass is 301 g/mol. The van der Waals surface area contributed by atoms with Gasteiger partial charge >= 0.3 is 0 Å². The topological polar surface area (TPSA) is 37.4 Å². The van der Waals surface area contributed by atoms with Crippen LogP contribution in [0.15, 0.2) is 53.4 Å². The highest BCUT2D eigenvalue weighted by molar-refractivity contribution is 7.89. The second-order valence-corrected chi connectivity index (χ2v) is 7.58. The molecular weight excluding hydrogens is 282 g/mol. The van der Waals surface area contributed by atoms with Crippen LogP contribution in [-0.2, 0) is 23.0 Å². The molecule has 3 nitrogen and oxygen atoms in total. The Morgan fingerprint density at radius 1 is 1.05 bits per heavy atom. The smallest absolute Gasteiger partial charge is 0.207 e. The first-order chi connectivity index (χ1) is 9.98.